The molecule has 0 spiro atoms. The summed E-state index contributed by atoms with van der Waals surface area (Å²) in [6.45, 7) is 1.79. The Morgan fingerprint density at radius 1 is 1.15 bits per heavy atom. The van der Waals surface area contributed by atoms with E-state index in [0.717, 1.165) is 31.2 Å². The Kier molecular flexibility index (Phi) is 4.37. The van der Waals surface area contributed by atoms with Gasteiger partial charge in [0.1, 0.15) is 11.4 Å². The number of halogens is 1. The van der Waals surface area contributed by atoms with Crippen LogP contribution in [-0.4, -0.2) is 10.7 Å². The van der Waals surface area contributed by atoms with E-state index in [1.165, 1.54) is 11.1 Å². The minimum absolute atomic E-state index is 0.0374. The fourth-order valence-electron chi connectivity index (χ4n) is 5.29. The average molecular weight is 348 g/mol. The highest BCUT2D eigenvalue weighted by Crippen LogP contribution is 2.54. The molecular formula is C24H25FO. The van der Waals surface area contributed by atoms with E-state index in [4.69, 9.17) is 0 Å². The lowest BCUT2D eigenvalue weighted by molar-refractivity contribution is -0.00805. The molecule has 0 amide bonds. The molecule has 1 fully saturated rings. The number of rotatable bonds is 2. The molecule has 3 atom stereocenters. The van der Waals surface area contributed by atoms with E-state index in [0.29, 0.717) is 18.8 Å². The van der Waals surface area contributed by atoms with Crippen molar-refractivity contribution < 1.29 is 9.50 Å². The summed E-state index contributed by atoms with van der Waals surface area (Å²) in [4.78, 5) is 0. The molecule has 0 bridgehead atoms. The molecule has 26 heavy (non-hydrogen) atoms. The lowest BCUT2D eigenvalue weighted by Crippen LogP contribution is -2.50. The summed E-state index contributed by atoms with van der Waals surface area (Å²) in [5.41, 5.74) is 2.82. The van der Waals surface area contributed by atoms with Crippen LogP contribution in [-0.2, 0) is 18.3 Å². The van der Waals surface area contributed by atoms with Crippen molar-refractivity contribution in [1.82, 2.24) is 0 Å². The van der Waals surface area contributed by atoms with Gasteiger partial charge in [-0.3, -0.25) is 0 Å². The van der Waals surface area contributed by atoms with Gasteiger partial charge in [0.2, 0.25) is 0 Å². The van der Waals surface area contributed by atoms with Gasteiger partial charge in [0.25, 0.3) is 0 Å². The third-order valence-electron chi connectivity index (χ3n) is 6.44. The molecule has 0 heterocycles. The summed E-state index contributed by atoms with van der Waals surface area (Å²) in [7, 11) is 0. The first kappa shape index (κ1) is 17.3. The van der Waals surface area contributed by atoms with Gasteiger partial charge in [-0.2, -0.15) is 0 Å². The first-order chi connectivity index (χ1) is 12.5. The first-order valence-corrected chi connectivity index (χ1v) is 9.54. The van der Waals surface area contributed by atoms with Crippen molar-refractivity contribution in [3.05, 3.63) is 71.0 Å². The van der Waals surface area contributed by atoms with E-state index in [-0.39, 0.29) is 11.2 Å². The molecule has 2 aromatic rings. The summed E-state index contributed by atoms with van der Waals surface area (Å²) < 4.78 is 13.8. The Bertz CT molecular complexity index is 863. The van der Waals surface area contributed by atoms with E-state index in [9.17, 15) is 9.50 Å². The number of fused-ring (bicyclic) bond motifs is 3. The van der Waals surface area contributed by atoms with E-state index in [1.807, 2.05) is 12.1 Å². The van der Waals surface area contributed by atoms with Crippen LogP contribution < -0.4 is 0 Å². The minimum atomic E-state index is -0.878. The standard InChI is InChI=1S/C24H25FO/c1-2-12-23(26)13-14-24(16-18-6-4-3-5-7-18)20(17-23)9-8-19-15-21(25)10-11-22(19)24/h3-7,10-11,15,20,26H,8-9,13-14,16-17H2,1H3/t20-,23-,24+/m0/s1. The van der Waals surface area contributed by atoms with E-state index < -0.39 is 5.60 Å². The van der Waals surface area contributed by atoms with Gasteiger partial charge in [0, 0.05) is 5.41 Å². The summed E-state index contributed by atoms with van der Waals surface area (Å²) in [6, 6.07) is 15.9. The van der Waals surface area contributed by atoms with Gasteiger partial charge in [-0.1, -0.05) is 42.3 Å². The molecule has 1 N–H and O–H groups in total. The van der Waals surface area contributed by atoms with Crippen molar-refractivity contribution >= 4 is 0 Å². The van der Waals surface area contributed by atoms with Crippen LogP contribution >= 0.6 is 0 Å². The quantitative estimate of drug-likeness (QED) is 0.773. The van der Waals surface area contributed by atoms with Gasteiger partial charge in [-0.15, -0.1) is 5.92 Å². The molecule has 2 heteroatoms. The molecule has 1 saturated carbocycles. The highest BCUT2D eigenvalue weighted by molar-refractivity contribution is 5.42. The molecule has 0 aliphatic heterocycles. The van der Waals surface area contributed by atoms with Crippen LogP contribution in [0.5, 0.6) is 0 Å². The SMILES string of the molecule is CC#C[C@]1(O)CC[C@]2(Cc3ccccc3)c3ccc(F)cc3CC[C@H]2C1. The second kappa shape index (κ2) is 6.56. The predicted molar refractivity (Wildman–Crippen MR) is 102 cm³/mol. The van der Waals surface area contributed by atoms with Crippen LogP contribution in [0, 0.1) is 23.6 Å². The molecule has 1 nitrogen and oxygen atoms in total. The topological polar surface area (TPSA) is 20.2 Å². The fourth-order valence-corrected chi connectivity index (χ4v) is 5.29. The molecule has 0 unspecified atom stereocenters. The lowest BCUT2D eigenvalue weighted by Gasteiger charge is -2.52. The average Bonchev–Trinajstić information content (AvgIpc) is 2.63. The second-order valence-electron chi connectivity index (χ2n) is 7.97. The van der Waals surface area contributed by atoms with Gasteiger partial charge in [-0.05, 0) is 80.2 Å². The van der Waals surface area contributed by atoms with Crippen LogP contribution in [0.2, 0.25) is 0 Å². The van der Waals surface area contributed by atoms with Crippen molar-refractivity contribution in [3.63, 3.8) is 0 Å². The number of hydrogen-bond acceptors (Lipinski definition) is 1. The maximum absolute atomic E-state index is 13.8. The Hall–Kier alpha value is -2.11. The third kappa shape index (κ3) is 2.95. The summed E-state index contributed by atoms with van der Waals surface area (Å²) >= 11 is 0. The van der Waals surface area contributed by atoms with Crippen molar-refractivity contribution in [2.75, 3.05) is 0 Å². The van der Waals surface area contributed by atoms with Gasteiger partial charge < -0.3 is 5.11 Å². The normalized spacial score (nSPS) is 29.9. The van der Waals surface area contributed by atoms with Gasteiger partial charge in [-0.25, -0.2) is 4.39 Å². The molecule has 2 aliphatic carbocycles. The minimum Gasteiger partial charge on any atom is -0.378 e. The number of benzene rings is 2. The summed E-state index contributed by atoms with van der Waals surface area (Å²) in [6.07, 6.45) is 5.07. The Labute approximate surface area is 155 Å². The lowest BCUT2D eigenvalue weighted by atomic mass is 9.52. The molecular weight excluding hydrogens is 323 g/mol. The maximum Gasteiger partial charge on any atom is 0.125 e. The Morgan fingerprint density at radius 2 is 1.96 bits per heavy atom. The van der Waals surface area contributed by atoms with E-state index in [1.54, 1.807) is 19.1 Å². The monoisotopic (exact) mass is 348 g/mol. The Morgan fingerprint density at radius 3 is 2.73 bits per heavy atom. The highest BCUT2D eigenvalue weighted by atomic mass is 19.1. The molecule has 0 radical (unpaired) electrons. The number of hydrogen-bond donors (Lipinski definition) is 1. The largest absolute Gasteiger partial charge is 0.378 e. The van der Waals surface area contributed by atoms with Gasteiger partial charge >= 0.3 is 0 Å². The fraction of sp³-hybridized carbons (Fsp3) is 0.417. The molecule has 2 aliphatic rings. The second-order valence-corrected chi connectivity index (χ2v) is 7.97. The van der Waals surface area contributed by atoms with Crippen LogP contribution in [0.25, 0.3) is 0 Å². The predicted octanol–water partition coefficient (Wildman–Crippen LogP) is 4.81. The number of aryl methyl sites for hydroxylation is 1. The molecule has 0 aromatic heterocycles. The molecule has 2 aromatic carbocycles. The third-order valence-corrected chi connectivity index (χ3v) is 6.44. The Balaban J connectivity index is 1.79. The summed E-state index contributed by atoms with van der Waals surface area (Å²) in [5.74, 6) is 6.18. The van der Waals surface area contributed by atoms with Crippen LogP contribution in [0.3, 0.4) is 0 Å². The molecule has 4 rings (SSSR count). The summed E-state index contributed by atoms with van der Waals surface area (Å²) in [5, 5.41) is 10.9. The van der Waals surface area contributed by atoms with Crippen LogP contribution in [0.1, 0.15) is 49.3 Å². The molecule has 0 saturated heterocycles. The maximum atomic E-state index is 13.8. The zero-order chi connectivity index (χ0) is 18.2. The zero-order valence-corrected chi connectivity index (χ0v) is 15.3. The van der Waals surface area contributed by atoms with Crippen molar-refractivity contribution in [2.24, 2.45) is 5.92 Å². The highest BCUT2D eigenvalue weighted by Gasteiger charge is 2.51. The molecule has 134 valence electrons. The van der Waals surface area contributed by atoms with Crippen LogP contribution in [0.15, 0.2) is 48.5 Å². The first-order valence-electron chi connectivity index (χ1n) is 9.54. The zero-order valence-electron chi connectivity index (χ0n) is 15.3. The van der Waals surface area contributed by atoms with Crippen molar-refractivity contribution in [3.8, 4) is 11.8 Å². The van der Waals surface area contributed by atoms with Crippen molar-refractivity contribution in [2.45, 2.75) is 56.5 Å². The van der Waals surface area contributed by atoms with E-state index in [2.05, 4.69) is 36.1 Å². The van der Waals surface area contributed by atoms with Gasteiger partial charge in [0.05, 0.1) is 0 Å². The van der Waals surface area contributed by atoms with Crippen LogP contribution in [0.4, 0.5) is 4.39 Å². The van der Waals surface area contributed by atoms with Crippen molar-refractivity contribution in [1.29, 1.82) is 0 Å². The van der Waals surface area contributed by atoms with E-state index >= 15 is 0 Å². The number of aliphatic hydroxyl groups is 1. The van der Waals surface area contributed by atoms with Gasteiger partial charge in [0.15, 0.2) is 0 Å². The smallest absolute Gasteiger partial charge is 0.125 e.